The van der Waals surface area contributed by atoms with Gasteiger partial charge in [-0.05, 0) is 30.3 Å². The number of nitrogens with two attached hydrogens (primary N) is 1. The SMILES string of the molecule is COC(=O)c1ccccc1Oc1ccc(Cl)cc1N. The van der Waals surface area contributed by atoms with Crippen LogP contribution < -0.4 is 10.5 Å². The molecule has 0 aromatic heterocycles. The van der Waals surface area contributed by atoms with Gasteiger partial charge in [-0.1, -0.05) is 23.7 Å². The molecule has 0 amide bonds. The highest BCUT2D eigenvalue weighted by atomic mass is 35.5. The number of hydrogen-bond acceptors (Lipinski definition) is 4. The normalized spacial score (nSPS) is 10.0. The quantitative estimate of drug-likeness (QED) is 0.689. The van der Waals surface area contributed by atoms with Gasteiger partial charge in [-0.25, -0.2) is 4.79 Å². The molecule has 0 aliphatic heterocycles. The van der Waals surface area contributed by atoms with Crippen LogP contribution >= 0.6 is 11.6 Å². The van der Waals surface area contributed by atoms with E-state index < -0.39 is 5.97 Å². The summed E-state index contributed by atoms with van der Waals surface area (Å²) >= 11 is 5.81. The summed E-state index contributed by atoms with van der Waals surface area (Å²) < 4.78 is 10.3. The van der Waals surface area contributed by atoms with Crippen molar-refractivity contribution in [2.24, 2.45) is 0 Å². The van der Waals surface area contributed by atoms with Crippen LogP contribution in [0.2, 0.25) is 5.02 Å². The molecule has 2 N–H and O–H groups in total. The molecule has 2 aromatic carbocycles. The number of para-hydroxylation sites is 1. The number of carbonyl (C=O) groups is 1. The van der Waals surface area contributed by atoms with Crippen LogP contribution in [-0.2, 0) is 4.74 Å². The van der Waals surface area contributed by atoms with Crippen molar-refractivity contribution < 1.29 is 14.3 Å². The Hall–Kier alpha value is -2.20. The Morgan fingerprint density at radius 2 is 1.89 bits per heavy atom. The first-order valence-electron chi connectivity index (χ1n) is 5.52. The van der Waals surface area contributed by atoms with Crippen molar-refractivity contribution in [3.63, 3.8) is 0 Å². The van der Waals surface area contributed by atoms with Crippen LogP contribution in [0.15, 0.2) is 42.5 Å². The number of halogens is 1. The zero-order chi connectivity index (χ0) is 13.8. The number of esters is 1. The van der Waals surface area contributed by atoms with Crippen molar-refractivity contribution in [1.29, 1.82) is 0 Å². The van der Waals surface area contributed by atoms with Crippen LogP contribution in [0.1, 0.15) is 10.4 Å². The van der Waals surface area contributed by atoms with Crippen LogP contribution in [0.5, 0.6) is 11.5 Å². The molecule has 4 nitrogen and oxygen atoms in total. The molecule has 5 heteroatoms. The predicted octanol–water partition coefficient (Wildman–Crippen LogP) is 3.50. The lowest BCUT2D eigenvalue weighted by Gasteiger charge is -2.11. The molecule has 0 heterocycles. The lowest BCUT2D eigenvalue weighted by Crippen LogP contribution is -2.04. The highest BCUT2D eigenvalue weighted by molar-refractivity contribution is 6.30. The Bertz CT molecular complexity index is 613. The average molecular weight is 278 g/mol. The van der Waals surface area contributed by atoms with Crippen molar-refractivity contribution in [2.45, 2.75) is 0 Å². The van der Waals surface area contributed by atoms with Gasteiger partial charge < -0.3 is 15.2 Å². The molecule has 98 valence electrons. The summed E-state index contributed by atoms with van der Waals surface area (Å²) in [4.78, 5) is 11.6. The largest absolute Gasteiger partial charge is 0.465 e. The Morgan fingerprint density at radius 3 is 2.58 bits per heavy atom. The second-order valence-corrected chi connectivity index (χ2v) is 4.21. The summed E-state index contributed by atoms with van der Waals surface area (Å²) in [7, 11) is 1.32. The number of anilines is 1. The highest BCUT2D eigenvalue weighted by Crippen LogP contribution is 2.31. The van der Waals surface area contributed by atoms with Crippen LogP contribution in [0.4, 0.5) is 5.69 Å². The minimum absolute atomic E-state index is 0.333. The molecule has 2 rings (SSSR count). The fourth-order valence-corrected chi connectivity index (χ4v) is 1.75. The number of rotatable bonds is 3. The third-order valence-electron chi connectivity index (χ3n) is 2.48. The molecule has 2 aromatic rings. The van der Waals surface area contributed by atoms with E-state index in [9.17, 15) is 4.79 Å². The van der Waals surface area contributed by atoms with Crippen LogP contribution in [0, 0.1) is 0 Å². The van der Waals surface area contributed by atoms with Gasteiger partial charge in [0.15, 0.2) is 0 Å². The monoisotopic (exact) mass is 277 g/mol. The Morgan fingerprint density at radius 1 is 1.16 bits per heavy atom. The number of ether oxygens (including phenoxy) is 2. The van der Waals surface area contributed by atoms with E-state index in [1.807, 2.05) is 0 Å². The zero-order valence-electron chi connectivity index (χ0n) is 10.2. The first-order chi connectivity index (χ1) is 9.11. The summed E-state index contributed by atoms with van der Waals surface area (Å²) in [5.74, 6) is 0.340. The predicted molar refractivity (Wildman–Crippen MR) is 73.7 cm³/mol. The van der Waals surface area contributed by atoms with Gasteiger partial charge in [-0.15, -0.1) is 0 Å². The van der Waals surface area contributed by atoms with E-state index in [1.165, 1.54) is 7.11 Å². The van der Waals surface area contributed by atoms with E-state index in [2.05, 4.69) is 0 Å². The maximum atomic E-state index is 11.6. The summed E-state index contributed by atoms with van der Waals surface area (Å²) in [5, 5.41) is 0.520. The minimum atomic E-state index is -0.469. The van der Waals surface area contributed by atoms with Crippen molar-refractivity contribution in [1.82, 2.24) is 0 Å². The molecule has 0 saturated heterocycles. The summed E-state index contributed by atoms with van der Waals surface area (Å²) in [6.07, 6.45) is 0. The Labute approximate surface area is 115 Å². The fourth-order valence-electron chi connectivity index (χ4n) is 1.56. The molecule has 0 saturated carbocycles. The van der Waals surface area contributed by atoms with E-state index in [0.29, 0.717) is 27.8 Å². The van der Waals surface area contributed by atoms with Crippen LogP contribution in [0.25, 0.3) is 0 Å². The van der Waals surface area contributed by atoms with Gasteiger partial charge in [0.1, 0.15) is 17.1 Å². The Kier molecular flexibility index (Phi) is 3.92. The van der Waals surface area contributed by atoms with Gasteiger partial charge in [-0.3, -0.25) is 0 Å². The van der Waals surface area contributed by atoms with Gasteiger partial charge in [0.05, 0.1) is 12.8 Å². The maximum absolute atomic E-state index is 11.6. The van der Waals surface area contributed by atoms with Crippen molar-refractivity contribution in [3.05, 3.63) is 53.1 Å². The summed E-state index contributed by atoms with van der Waals surface area (Å²) in [6, 6.07) is 11.7. The molecular formula is C14H12ClNO3. The number of carbonyl (C=O) groups excluding carboxylic acids is 1. The molecule has 19 heavy (non-hydrogen) atoms. The summed E-state index contributed by atoms with van der Waals surface area (Å²) in [6.45, 7) is 0. The van der Waals surface area contributed by atoms with E-state index >= 15 is 0 Å². The number of hydrogen-bond donors (Lipinski definition) is 1. The standard InChI is InChI=1S/C14H12ClNO3/c1-18-14(17)10-4-2-3-5-12(10)19-13-7-6-9(15)8-11(13)16/h2-8H,16H2,1H3. The second-order valence-electron chi connectivity index (χ2n) is 3.77. The number of nitrogen functional groups attached to an aromatic ring is 1. The zero-order valence-corrected chi connectivity index (χ0v) is 11.0. The first kappa shape index (κ1) is 13.2. The van der Waals surface area contributed by atoms with Crippen molar-refractivity contribution in [2.75, 3.05) is 12.8 Å². The van der Waals surface area contributed by atoms with E-state index in [4.69, 9.17) is 26.8 Å². The molecular weight excluding hydrogens is 266 g/mol. The van der Waals surface area contributed by atoms with E-state index in [0.717, 1.165) is 0 Å². The van der Waals surface area contributed by atoms with Gasteiger partial charge in [0.2, 0.25) is 0 Å². The molecule has 0 bridgehead atoms. The topological polar surface area (TPSA) is 61.5 Å². The van der Waals surface area contributed by atoms with Gasteiger partial charge >= 0.3 is 5.97 Å². The van der Waals surface area contributed by atoms with E-state index in [1.54, 1.807) is 42.5 Å². The lowest BCUT2D eigenvalue weighted by atomic mass is 10.2. The third kappa shape index (κ3) is 2.98. The molecule has 0 atom stereocenters. The third-order valence-corrected chi connectivity index (χ3v) is 2.72. The number of benzene rings is 2. The first-order valence-corrected chi connectivity index (χ1v) is 5.90. The smallest absolute Gasteiger partial charge is 0.341 e. The average Bonchev–Trinajstić information content (AvgIpc) is 2.41. The molecule has 0 radical (unpaired) electrons. The molecule has 0 fully saturated rings. The fraction of sp³-hybridized carbons (Fsp3) is 0.0714. The lowest BCUT2D eigenvalue weighted by molar-refractivity contribution is 0.0598. The van der Waals surface area contributed by atoms with Crippen LogP contribution in [-0.4, -0.2) is 13.1 Å². The highest BCUT2D eigenvalue weighted by Gasteiger charge is 2.13. The number of methoxy groups -OCH3 is 1. The van der Waals surface area contributed by atoms with Crippen molar-refractivity contribution in [3.8, 4) is 11.5 Å². The van der Waals surface area contributed by atoms with Gasteiger partial charge in [-0.2, -0.15) is 0 Å². The van der Waals surface area contributed by atoms with Gasteiger partial charge in [0.25, 0.3) is 0 Å². The summed E-state index contributed by atoms with van der Waals surface area (Å²) in [5.41, 5.74) is 6.53. The van der Waals surface area contributed by atoms with E-state index in [-0.39, 0.29) is 0 Å². The maximum Gasteiger partial charge on any atom is 0.341 e. The van der Waals surface area contributed by atoms with Crippen molar-refractivity contribution >= 4 is 23.3 Å². The molecule has 0 spiro atoms. The molecule has 0 aliphatic carbocycles. The Balaban J connectivity index is 2.35. The minimum Gasteiger partial charge on any atom is -0.465 e. The molecule has 0 unspecified atom stereocenters. The molecule has 0 aliphatic rings. The second kappa shape index (κ2) is 5.63. The van der Waals surface area contributed by atoms with Gasteiger partial charge in [0, 0.05) is 5.02 Å². The van der Waals surface area contributed by atoms with Crippen LogP contribution in [0.3, 0.4) is 0 Å².